The van der Waals surface area contributed by atoms with Crippen molar-refractivity contribution < 1.29 is 37.0 Å². The van der Waals surface area contributed by atoms with Gasteiger partial charge in [-0.15, -0.1) is 0 Å². The highest BCUT2D eigenvalue weighted by Gasteiger charge is 2.40. The molecule has 3 atom stereocenters. The summed E-state index contributed by atoms with van der Waals surface area (Å²) in [5.41, 5.74) is 1.53. The van der Waals surface area contributed by atoms with E-state index in [4.69, 9.17) is 9.47 Å². The maximum Gasteiger partial charge on any atom is 0.415 e. The fourth-order valence-electron chi connectivity index (χ4n) is 5.17. The lowest BCUT2D eigenvalue weighted by Gasteiger charge is -2.28. The highest BCUT2D eigenvalue weighted by atomic mass is 32.2. The first kappa shape index (κ1) is 30.5. The van der Waals surface area contributed by atoms with E-state index < -0.39 is 52.6 Å². The van der Waals surface area contributed by atoms with E-state index in [-0.39, 0.29) is 23.6 Å². The molecule has 0 bridgehead atoms. The zero-order valence-electron chi connectivity index (χ0n) is 23.6. The number of aliphatic hydroxyl groups is 1. The smallest absolute Gasteiger partial charge is 0.415 e. The summed E-state index contributed by atoms with van der Waals surface area (Å²) in [5.74, 6) is -0.338. The highest BCUT2D eigenvalue weighted by molar-refractivity contribution is 7.89. The van der Waals surface area contributed by atoms with Crippen molar-refractivity contribution in [3.8, 4) is 5.75 Å². The summed E-state index contributed by atoms with van der Waals surface area (Å²) in [6, 6.07) is 17.1. The first-order valence-corrected chi connectivity index (χ1v) is 15.5. The van der Waals surface area contributed by atoms with Gasteiger partial charge >= 0.3 is 6.09 Å². The van der Waals surface area contributed by atoms with E-state index in [0.717, 1.165) is 29.4 Å². The van der Waals surface area contributed by atoms with E-state index in [2.05, 4.69) is 10.0 Å². The summed E-state index contributed by atoms with van der Waals surface area (Å²) in [7, 11) is -2.56. The number of hydrogen-bond acceptors (Lipinski definition) is 7. The Labute approximate surface area is 249 Å². The van der Waals surface area contributed by atoms with Crippen LogP contribution in [-0.4, -0.2) is 64.0 Å². The van der Waals surface area contributed by atoms with Crippen molar-refractivity contribution >= 4 is 27.7 Å². The number of halogens is 1. The van der Waals surface area contributed by atoms with Crippen LogP contribution in [0.15, 0.2) is 77.7 Å². The molecular formula is C31H34FN3O7S. The number of aliphatic hydroxyl groups excluding tert-OH is 1. The number of hydrogen-bond donors (Lipinski definition) is 3. The quantitative estimate of drug-likeness (QED) is 0.270. The maximum atomic E-state index is 13.9. The zero-order valence-corrected chi connectivity index (χ0v) is 24.4. The van der Waals surface area contributed by atoms with Crippen molar-refractivity contribution in [3.63, 3.8) is 0 Å². The number of cyclic esters (lactones) is 1. The number of sulfonamides is 1. The molecule has 43 heavy (non-hydrogen) atoms. The number of nitrogens with zero attached hydrogens (tertiary/aromatic N) is 1. The van der Waals surface area contributed by atoms with Gasteiger partial charge in [-0.2, -0.15) is 0 Å². The minimum atomic E-state index is -4.05. The normalized spacial score (nSPS) is 18.2. The molecule has 0 aromatic heterocycles. The molecule has 1 aliphatic carbocycles. The first-order chi connectivity index (χ1) is 20.7. The molecule has 1 saturated heterocycles. The minimum Gasteiger partial charge on any atom is -0.496 e. The summed E-state index contributed by atoms with van der Waals surface area (Å²) in [6.45, 7) is -0.671. The van der Waals surface area contributed by atoms with E-state index in [1.165, 1.54) is 31.4 Å². The van der Waals surface area contributed by atoms with Crippen LogP contribution in [-0.2, 0) is 32.4 Å². The van der Waals surface area contributed by atoms with Gasteiger partial charge < -0.3 is 19.9 Å². The van der Waals surface area contributed by atoms with Crippen LogP contribution in [0.4, 0.5) is 14.9 Å². The van der Waals surface area contributed by atoms with Crippen molar-refractivity contribution in [2.45, 2.75) is 48.8 Å². The Morgan fingerprint density at radius 1 is 1.12 bits per heavy atom. The molecule has 1 aliphatic heterocycles. The van der Waals surface area contributed by atoms with E-state index in [9.17, 15) is 27.5 Å². The Bertz CT molecular complexity index is 1570. The van der Waals surface area contributed by atoms with Crippen molar-refractivity contribution in [3.05, 3.63) is 89.7 Å². The van der Waals surface area contributed by atoms with Gasteiger partial charge in [-0.25, -0.2) is 22.3 Å². The Balaban J connectivity index is 1.34. The molecular weight excluding hydrogens is 577 g/mol. The third kappa shape index (κ3) is 7.32. The summed E-state index contributed by atoms with van der Waals surface area (Å²) < 4.78 is 53.8. The van der Waals surface area contributed by atoms with Gasteiger partial charge in [-0.3, -0.25) is 9.69 Å². The van der Waals surface area contributed by atoms with Gasteiger partial charge in [0.05, 0.1) is 29.8 Å². The molecule has 10 nitrogen and oxygen atoms in total. The maximum absolute atomic E-state index is 13.9. The number of carbonyl (C=O) groups is 2. The number of methoxy groups -OCH3 is 1. The zero-order chi connectivity index (χ0) is 30.6. The standard InChI is InChI=1S/C31H34FN3O7S/c1-41-28-11-6-12-29(24(28)15-21-13-14-21)43(39,40)33-18-27(36)25(16-20-7-3-2-4-8-20)34-30(37)26-19-42-31(38)35(26)23-10-5-9-22(32)17-23/h2-12,17,21,25-27,33,36H,13-16,18-19H2,1H3,(H,34,37)/t25-,26?,27+/m0/s1. The van der Waals surface area contributed by atoms with Gasteiger partial charge in [0.1, 0.15) is 18.2 Å². The molecule has 3 aromatic carbocycles. The summed E-state index contributed by atoms with van der Waals surface area (Å²) in [4.78, 5) is 27.1. The van der Waals surface area contributed by atoms with Gasteiger partial charge in [0.15, 0.2) is 6.04 Å². The van der Waals surface area contributed by atoms with Crippen LogP contribution in [0, 0.1) is 11.7 Å². The average molecular weight is 612 g/mol. The molecule has 0 spiro atoms. The topological polar surface area (TPSA) is 134 Å². The lowest BCUT2D eigenvalue weighted by atomic mass is 10.0. The SMILES string of the molecule is COc1cccc(S(=O)(=O)NC[C@@H](O)[C@H](Cc2ccccc2)NC(=O)C2COC(=O)N2c2cccc(F)c2)c1CC1CC1. The van der Waals surface area contributed by atoms with Crippen LogP contribution in [0.3, 0.4) is 0 Å². The second kappa shape index (κ2) is 13.1. The van der Waals surface area contributed by atoms with Crippen LogP contribution >= 0.6 is 0 Å². The second-order valence-electron chi connectivity index (χ2n) is 10.8. The van der Waals surface area contributed by atoms with Crippen LogP contribution < -0.4 is 19.7 Å². The second-order valence-corrected chi connectivity index (χ2v) is 12.5. The Hall–Kier alpha value is -4.00. The number of ether oxygens (including phenoxy) is 2. The molecule has 2 aliphatic rings. The molecule has 2 amide bonds. The summed E-state index contributed by atoms with van der Waals surface area (Å²) in [6.07, 6.45) is 0.635. The number of nitrogens with one attached hydrogen (secondary N) is 2. The third-order valence-electron chi connectivity index (χ3n) is 7.62. The number of benzene rings is 3. The van der Waals surface area contributed by atoms with Gasteiger partial charge in [0.25, 0.3) is 0 Å². The lowest BCUT2D eigenvalue weighted by Crippen LogP contribution is -2.54. The number of carbonyl (C=O) groups excluding carboxylic acids is 2. The van der Waals surface area contributed by atoms with E-state index in [1.54, 1.807) is 12.1 Å². The van der Waals surface area contributed by atoms with Crippen molar-refractivity contribution in [1.29, 1.82) is 0 Å². The molecule has 5 rings (SSSR count). The monoisotopic (exact) mass is 611 g/mol. The van der Waals surface area contributed by atoms with Crippen LogP contribution in [0.5, 0.6) is 5.75 Å². The molecule has 12 heteroatoms. The molecule has 3 N–H and O–H groups in total. The predicted molar refractivity (Wildman–Crippen MR) is 157 cm³/mol. The predicted octanol–water partition coefficient (Wildman–Crippen LogP) is 3.18. The minimum absolute atomic E-state index is 0.0851. The molecule has 2 fully saturated rings. The largest absolute Gasteiger partial charge is 0.496 e. The third-order valence-corrected chi connectivity index (χ3v) is 9.13. The molecule has 1 saturated carbocycles. The van der Waals surface area contributed by atoms with Gasteiger partial charge in [-0.1, -0.05) is 42.5 Å². The molecule has 1 heterocycles. The van der Waals surface area contributed by atoms with Crippen molar-refractivity contribution in [1.82, 2.24) is 10.0 Å². The van der Waals surface area contributed by atoms with Gasteiger partial charge in [-0.05, 0) is 67.5 Å². The molecule has 1 unspecified atom stereocenters. The van der Waals surface area contributed by atoms with Crippen LogP contribution in [0.25, 0.3) is 0 Å². The summed E-state index contributed by atoms with van der Waals surface area (Å²) in [5, 5.41) is 14.0. The van der Waals surface area contributed by atoms with Gasteiger partial charge in [0.2, 0.25) is 15.9 Å². The van der Waals surface area contributed by atoms with E-state index in [1.807, 2.05) is 30.3 Å². The van der Waals surface area contributed by atoms with Gasteiger partial charge in [0, 0.05) is 12.1 Å². The number of anilines is 1. The Kier molecular flexibility index (Phi) is 9.28. The Morgan fingerprint density at radius 3 is 2.56 bits per heavy atom. The Morgan fingerprint density at radius 2 is 1.86 bits per heavy atom. The highest BCUT2D eigenvalue weighted by Crippen LogP contribution is 2.37. The van der Waals surface area contributed by atoms with Crippen LogP contribution in [0.1, 0.15) is 24.0 Å². The van der Waals surface area contributed by atoms with Crippen molar-refractivity contribution in [2.75, 3.05) is 25.2 Å². The fraction of sp³-hybridized carbons (Fsp3) is 0.355. The average Bonchev–Trinajstić information content (AvgIpc) is 3.73. The molecule has 3 aromatic rings. The molecule has 228 valence electrons. The van der Waals surface area contributed by atoms with E-state index >= 15 is 0 Å². The molecule has 0 radical (unpaired) electrons. The van der Waals surface area contributed by atoms with Crippen molar-refractivity contribution in [2.24, 2.45) is 5.92 Å². The number of rotatable bonds is 13. The summed E-state index contributed by atoms with van der Waals surface area (Å²) >= 11 is 0. The fourth-order valence-corrected chi connectivity index (χ4v) is 6.48. The number of amides is 2. The first-order valence-electron chi connectivity index (χ1n) is 14.1. The van der Waals surface area contributed by atoms with E-state index in [0.29, 0.717) is 23.7 Å². The van der Waals surface area contributed by atoms with Crippen LogP contribution in [0.2, 0.25) is 0 Å². The lowest BCUT2D eigenvalue weighted by molar-refractivity contribution is -0.123.